The van der Waals surface area contributed by atoms with E-state index in [0.29, 0.717) is 5.92 Å². The van der Waals surface area contributed by atoms with Gasteiger partial charge in [-0.3, -0.25) is 4.99 Å². The second-order valence-electron chi connectivity index (χ2n) is 2.49. The van der Waals surface area contributed by atoms with Crippen LogP contribution in [0.15, 0.2) is 29.4 Å². The summed E-state index contributed by atoms with van der Waals surface area (Å²) < 4.78 is 0. The fourth-order valence-corrected chi connectivity index (χ4v) is 0.374. The highest BCUT2D eigenvalue weighted by Gasteiger charge is 1.93. The van der Waals surface area contributed by atoms with Crippen LogP contribution in [-0.2, 0) is 0 Å². The second-order valence-corrected chi connectivity index (χ2v) is 2.49. The van der Waals surface area contributed by atoms with Crippen molar-refractivity contribution in [1.82, 2.24) is 0 Å². The van der Waals surface area contributed by atoms with Crippen LogP contribution in [0.5, 0.6) is 0 Å². The lowest BCUT2D eigenvalue weighted by Gasteiger charge is -1.99. The molecular weight excluding hydrogens is 122 g/mol. The zero-order valence-electron chi connectivity index (χ0n) is 6.96. The molecule has 0 aliphatic rings. The van der Waals surface area contributed by atoms with E-state index in [-0.39, 0.29) is 0 Å². The standard InChI is InChI=1S/C9H15N/c1-5-6-10-7-9(4)8(2)3/h5-8H,4H2,1-3H3/b6-5-,10-7?. The third-order valence-corrected chi connectivity index (χ3v) is 1.22. The maximum atomic E-state index is 4.01. The summed E-state index contributed by atoms with van der Waals surface area (Å²) in [6.07, 6.45) is 5.45. The smallest absolute Gasteiger partial charge is 0.0296 e. The molecule has 0 aromatic rings. The molecule has 0 rings (SSSR count). The summed E-state index contributed by atoms with van der Waals surface area (Å²) in [5.41, 5.74) is 1.07. The minimum atomic E-state index is 0.494. The molecule has 1 nitrogen and oxygen atoms in total. The number of rotatable bonds is 3. The van der Waals surface area contributed by atoms with Crippen molar-refractivity contribution in [2.45, 2.75) is 20.8 Å². The van der Waals surface area contributed by atoms with E-state index in [1.54, 1.807) is 12.4 Å². The Morgan fingerprint density at radius 1 is 1.50 bits per heavy atom. The van der Waals surface area contributed by atoms with Crippen molar-refractivity contribution in [3.05, 3.63) is 24.4 Å². The van der Waals surface area contributed by atoms with Crippen molar-refractivity contribution in [1.29, 1.82) is 0 Å². The number of aliphatic imine (C=N–C) groups is 1. The van der Waals surface area contributed by atoms with Crippen molar-refractivity contribution in [2.75, 3.05) is 0 Å². The molecule has 0 atom stereocenters. The van der Waals surface area contributed by atoms with Crippen LogP contribution < -0.4 is 0 Å². The quantitative estimate of drug-likeness (QED) is 0.530. The number of allylic oxidation sites excluding steroid dienone is 2. The molecule has 56 valence electrons. The van der Waals surface area contributed by atoms with Gasteiger partial charge < -0.3 is 0 Å². The van der Waals surface area contributed by atoms with Crippen molar-refractivity contribution < 1.29 is 0 Å². The van der Waals surface area contributed by atoms with Gasteiger partial charge in [0, 0.05) is 12.4 Å². The number of hydrogen-bond acceptors (Lipinski definition) is 1. The van der Waals surface area contributed by atoms with Crippen LogP contribution >= 0.6 is 0 Å². The normalized spacial score (nSPS) is 12.0. The fourth-order valence-electron chi connectivity index (χ4n) is 0.374. The average Bonchev–Trinajstić information content (AvgIpc) is 1.88. The predicted molar refractivity (Wildman–Crippen MR) is 47.3 cm³/mol. The molecule has 0 spiro atoms. The maximum Gasteiger partial charge on any atom is 0.0296 e. The molecule has 10 heavy (non-hydrogen) atoms. The Kier molecular flexibility index (Phi) is 4.55. The number of hydrogen-bond donors (Lipinski definition) is 0. The van der Waals surface area contributed by atoms with Gasteiger partial charge in [-0.05, 0) is 18.4 Å². The second kappa shape index (κ2) is 4.98. The van der Waals surface area contributed by atoms with Crippen LogP contribution in [0, 0.1) is 5.92 Å². The third kappa shape index (κ3) is 4.07. The Bertz CT molecular complexity index is 152. The first-order valence-corrected chi connectivity index (χ1v) is 3.51. The van der Waals surface area contributed by atoms with E-state index < -0.39 is 0 Å². The summed E-state index contributed by atoms with van der Waals surface area (Å²) in [5, 5.41) is 0. The first kappa shape index (κ1) is 9.15. The lowest BCUT2D eigenvalue weighted by molar-refractivity contribution is 0.810. The lowest BCUT2D eigenvalue weighted by Crippen LogP contribution is -1.91. The molecule has 0 radical (unpaired) electrons. The van der Waals surface area contributed by atoms with E-state index in [1.807, 2.05) is 13.0 Å². The monoisotopic (exact) mass is 137 g/mol. The zero-order valence-corrected chi connectivity index (χ0v) is 6.96. The molecule has 1 heteroatoms. The van der Waals surface area contributed by atoms with Gasteiger partial charge in [0.15, 0.2) is 0 Å². The first-order valence-electron chi connectivity index (χ1n) is 3.51. The summed E-state index contributed by atoms with van der Waals surface area (Å²) >= 11 is 0. The largest absolute Gasteiger partial charge is 0.265 e. The zero-order chi connectivity index (χ0) is 7.98. The van der Waals surface area contributed by atoms with Crippen LogP contribution in [0.3, 0.4) is 0 Å². The summed E-state index contributed by atoms with van der Waals surface area (Å²) in [6, 6.07) is 0. The third-order valence-electron chi connectivity index (χ3n) is 1.22. The van der Waals surface area contributed by atoms with Gasteiger partial charge in [0.05, 0.1) is 0 Å². The summed E-state index contributed by atoms with van der Waals surface area (Å²) in [6.45, 7) is 9.99. The van der Waals surface area contributed by atoms with Crippen molar-refractivity contribution in [3.8, 4) is 0 Å². The molecular formula is C9H15N. The van der Waals surface area contributed by atoms with Crippen LogP contribution in [0.4, 0.5) is 0 Å². The van der Waals surface area contributed by atoms with E-state index in [1.165, 1.54) is 0 Å². The highest BCUT2D eigenvalue weighted by atomic mass is 14.7. The molecule has 0 unspecified atom stereocenters. The van der Waals surface area contributed by atoms with Gasteiger partial charge in [-0.2, -0.15) is 0 Å². The van der Waals surface area contributed by atoms with Crippen molar-refractivity contribution >= 4 is 6.21 Å². The fraction of sp³-hybridized carbons (Fsp3) is 0.444. The van der Waals surface area contributed by atoms with Crippen LogP contribution in [0.2, 0.25) is 0 Å². The van der Waals surface area contributed by atoms with Crippen molar-refractivity contribution in [2.24, 2.45) is 10.9 Å². The Morgan fingerprint density at radius 3 is 2.50 bits per heavy atom. The molecule has 0 fully saturated rings. The molecule has 0 aliphatic heterocycles. The van der Waals surface area contributed by atoms with E-state index in [9.17, 15) is 0 Å². The van der Waals surface area contributed by atoms with Gasteiger partial charge in [-0.25, -0.2) is 0 Å². The van der Waals surface area contributed by atoms with Gasteiger partial charge in [-0.1, -0.05) is 26.5 Å². The average molecular weight is 137 g/mol. The van der Waals surface area contributed by atoms with Crippen LogP contribution in [-0.4, -0.2) is 6.21 Å². The SMILES string of the molecule is C=C(C=N/C=C\C)C(C)C. The topological polar surface area (TPSA) is 12.4 Å². The minimum absolute atomic E-state index is 0.494. The van der Waals surface area contributed by atoms with Crippen LogP contribution in [0.1, 0.15) is 20.8 Å². The summed E-state index contributed by atoms with van der Waals surface area (Å²) in [4.78, 5) is 4.01. The number of nitrogens with zero attached hydrogens (tertiary/aromatic N) is 1. The molecule has 0 aromatic carbocycles. The molecule has 0 saturated heterocycles. The Hall–Kier alpha value is -0.850. The first-order chi connectivity index (χ1) is 4.68. The highest BCUT2D eigenvalue weighted by Crippen LogP contribution is 2.02. The Morgan fingerprint density at radius 2 is 2.10 bits per heavy atom. The molecule has 0 heterocycles. The molecule has 0 saturated carbocycles. The summed E-state index contributed by atoms with van der Waals surface area (Å²) in [5.74, 6) is 0.494. The molecule has 0 amide bonds. The van der Waals surface area contributed by atoms with E-state index in [4.69, 9.17) is 0 Å². The summed E-state index contributed by atoms with van der Waals surface area (Å²) in [7, 11) is 0. The van der Waals surface area contributed by atoms with E-state index in [2.05, 4.69) is 25.4 Å². The van der Waals surface area contributed by atoms with E-state index >= 15 is 0 Å². The minimum Gasteiger partial charge on any atom is -0.265 e. The van der Waals surface area contributed by atoms with Gasteiger partial charge in [0.1, 0.15) is 0 Å². The Labute approximate surface area is 63.2 Å². The van der Waals surface area contributed by atoms with Gasteiger partial charge in [0.25, 0.3) is 0 Å². The maximum absolute atomic E-state index is 4.01. The van der Waals surface area contributed by atoms with Gasteiger partial charge in [0.2, 0.25) is 0 Å². The molecule has 0 aromatic heterocycles. The molecule has 0 N–H and O–H groups in total. The van der Waals surface area contributed by atoms with Gasteiger partial charge >= 0.3 is 0 Å². The van der Waals surface area contributed by atoms with Crippen LogP contribution in [0.25, 0.3) is 0 Å². The lowest BCUT2D eigenvalue weighted by atomic mass is 10.1. The van der Waals surface area contributed by atoms with Crippen molar-refractivity contribution in [3.63, 3.8) is 0 Å². The Balaban J connectivity index is 3.78. The molecule has 0 aliphatic carbocycles. The molecule has 0 bridgehead atoms. The predicted octanol–water partition coefficient (Wildman–Crippen LogP) is 2.80. The van der Waals surface area contributed by atoms with E-state index in [0.717, 1.165) is 5.57 Å². The van der Waals surface area contributed by atoms with Gasteiger partial charge in [-0.15, -0.1) is 0 Å². The highest BCUT2D eigenvalue weighted by molar-refractivity contribution is 5.78.